The third-order valence-corrected chi connectivity index (χ3v) is 4.47. The van der Waals surface area contributed by atoms with Gasteiger partial charge in [-0.3, -0.25) is 0 Å². The standard InChI is InChI=1S/C18H22F3N5O2/c1-3-5-16-15(4-2)22-17(18(19,20)21)26(16)10-12-9-25(24-23-12)11-14-8-13(27)6-7-28-14/h3-5,9,13-14,27H,1,6-8,10-11H2,2H3/b15-4+,16-5+. The molecule has 0 spiro atoms. The summed E-state index contributed by atoms with van der Waals surface area (Å²) in [4.78, 5) is 3.72. The van der Waals surface area contributed by atoms with Gasteiger partial charge in [0.25, 0.3) is 0 Å². The van der Waals surface area contributed by atoms with E-state index in [1.54, 1.807) is 13.1 Å². The lowest BCUT2D eigenvalue weighted by Crippen LogP contribution is -2.32. The van der Waals surface area contributed by atoms with Crippen molar-refractivity contribution in [1.82, 2.24) is 24.5 Å². The van der Waals surface area contributed by atoms with E-state index in [9.17, 15) is 18.3 Å². The second kappa shape index (κ2) is 8.27. The molecular weight excluding hydrogens is 375 g/mol. The van der Waals surface area contributed by atoms with E-state index in [0.29, 0.717) is 37.0 Å². The van der Waals surface area contributed by atoms with Crippen molar-refractivity contribution in [2.45, 2.75) is 51.2 Å². The molecule has 2 unspecified atom stereocenters. The molecule has 0 aliphatic carbocycles. The lowest BCUT2D eigenvalue weighted by molar-refractivity contribution is -0.147. The normalized spacial score (nSPS) is 22.0. The Morgan fingerprint density at radius 1 is 1.43 bits per heavy atom. The first-order valence-corrected chi connectivity index (χ1v) is 8.93. The predicted octanol–water partition coefficient (Wildman–Crippen LogP) is 0.849. The van der Waals surface area contributed by atoms with Crippen LogP contribution in [0.4, 0.5) is 13.2 Å². The number of aromatic nitrogens is 5. The van der Waals surface area contributed by atoms with Gasteiger partial charge in [0, 0.05) is 13.0 Å². The van der Waals surface area contributed by atoms with Crippen LogP contribution < -0.4 is 10.7 Å². The largest absolute Gasteiger partial charge is 0.449 e. The first-order chi connectivity index (χ1) is 13.3. The van der Waals surface area contributed by atoms with Gasteiger partial charge in [0.15, 0.2) is 0 Å². The zero-order chi connectivity index (χ0) is 20.3. The summed E-state index contributed by atoms with van der Waals surface area (Å²) in [5.74, 6) is -0.998. The van der Waals surface area contributed by atoms with E-state index >= 15 is 0 Å². The maximum atomic E-state index is 13.5. The minimum Gasteiger partial charge on any atom is -0.393 e. The molecule has 3 rings (SSSR count). The van der Waals surface area contributed by atoms with Gasteiger partial charge in [0.05, 0.1) is 42.2 Å². The van der Waals surface area contributed by atoms with E-state index in [2.05, 4.69) is 21.9 Å². The fourth-order valence-electron chi connectivity index (χ4n) is 3.22. The topological polar surface area (TPSA) is 78.0 Å². The highest BCUT2D eigenvalue weighted by Gasteiger charge is 2.37. The smallest absolute Gasteiger partial charge is 0.393 e. The molecule has 1 saturated heterocycles. The summed E-state index contributed by atoms with van der Waals surface area (Å²) in [6.45, 7) is 5.90. The Labute approximate surface area is 159 Å². The summed E-state index contributed by atoms with van der Waals surface area (Å²) >= 11 is 0. The van der Waals surface area contributed by atoms with Gasteiger partial charge >= 0.3 is 6.18 Å². The molecule has 7 nitrogen and oxygen atoms in total. The number of imidazole rings is 1. The Morgan fingerprint density at radius 3 is 2.86 bits per heavy atom. The molecule has 2 aromatic rings. The summed E-state index contributed by atoms with van der Waals surface area (Å²) in [5, 5.41) is 18.2. The minimum absolute atomic E-state index is 0.135. The van der Waals surface area contributed by atoms with E-state index < -0.39 is 18.1 Å². The van der Waals surface area contributed by atoms with Crippen LogP contribution in [0.25, 0.3) is 12.2 Å². The van der Waals surface area contributed by atoms with Crippen LogP contribution in [0.1, 0.15) is 31.3 Å². The molecule has 1 fully saturated rings. The van der Waals surface area contributed by atoms with Crippen LogP contribution in [0, 0.1) is 0 Å². The van der Waals surface area contributed by atoms with Crippen LogP contribution in [-0.2, 0) is 24.0 Å². The number of halogens is 3. The average molecular weight is 397 g/mol. The first kappa shape index (κ1) is 20.3. The number of ether oxygens (including phenoxy) is 1. The number of aliphatic hydroxyl groups excluding tert-OH is 1. The van der Waals surface area contributed by atoms with Gasteiger partial charge in [-0.15, -0.1) is 5.10 Å². The number of allylic oxidation sites excluding steroid dienone is 1. The van der Waals surface area contributed by atoms with Gasteiger partial charge in [0.1, 0.15) is 5.69 Å². The molecule has 0 radical (unpaired) electrons. The third-order valence-electron chi connectivity index (χ3n) is 4.47. The highest BCUT2D eigenvalue weighted by molar-refractivity contribution is 5.35. The molecule has 28 heavy (non-hydrogen) atoms. The Kier molecular flexibility index (Phi) is 5.99. The van der Waals surface area contributed by atoms with Crippen molar-refractivity contribution in [3.05, 3.63) is 41.1 Å². The molecule has 1 aliphatic heterocycles. The van der Waals surface area contributed by atoms with E-state index in [1.165, 1.54) is 22.9 Å². The molecule has 10 heteroatoms. The summed E-state index contributed by atoms with van der Waals surface area (Å²) in [7, 11) is 0. The first-order valence-electron chi connectivity index (χ1n) is 8.93. The van der Waals surface area contributed by atoms with Gasteiger partial charge < -0.3 is 14.4 Å². The maximum Gasteiger partial charge on any atom is 0.449 e. The molecule has 0 bridgehead atoms. The minimum atomic E-state index is -4.60. The van der Waals surface area contributed by atoms with Gasteiger partial charge in [0.2, 0.25) is 5.82 Å². The summed E-state index contributed by atoms with van der Waals surface area (Å²) < 4.78 is 48.5. The molecule has 0 amide bonds. The fourth-order valence-corrected chi connectivity index (χ4v) is 3.22. The molecule has 3 heterocycles. The van der Waals surface area contributed by atoms with Crippen LogP contribution in [0.2, 0.25) is 0 Å². The second-order valence-electron chi connectivity index (χ2n) is 6.58. The number of alkyl halides is 3. The third kappa shape index (κ3) is 4.50. The van der Waals surface area contributed by atoms with Gasteiger partial charge in [-0.05, 0) is 19.4 Å². The van der Waals surface area contributed by atoms with Crippen LogP contribution in [0.15, 0.2) is 18.9 Å². The van der Waals surface area contributed by atoms with Crippen LogP contribution in [-0.4, -0.2) is 48.5 Å². The quantitative estimate of drug-likeness (QED) is 0.810. The molecular formula is C18H22F3N5O2. The monoisotopic (exact) mass is 397 g/mol. The van der Waals surface area contributed by atoms with Crippen molar-refractivity contribution in [2.24, 2.45) is 0 Å². The molecule has 2 aromatic heterocycles. The summed E-state index contributed by atoms with van der Waals surface area (Å²) in [5.41, 5.74) is 0.362. The van der Waals surface area contributed by atoms with Gasteiger partial charge in [-0.1, -0.05) is 23.9 Å². The number of hydrogen-bond acceptors (Lipinski definition) is 5. The number of aliphatic hydroxyl groups is 1. The summed E-state index contributed by atoms with van der Waals surface area (Å²) in [6.07, 6.45) is 1.87. The number of hydrogen-bond donors (Lipinski definition) is 1. The van der Waals surface area contributed by atoms with E-state index in [-0.39, 0.29) is 18.0 Å². The predicted molar refractivity (Wildman–Crippen MR) is 95.4 cm³/mol. The van der Waals surface area contributed by atoms with E-state index in [1.807, 2.05) is 0 Å². The fraction of sp³-hybridized carbons (Fsp3) is 0.500. The molecule has 152 valence electrons. The van der Waals surface area contributed by atoms with Crippen molar-refractivity contribution in [3.8, 4) is 0 Å². The van der Waals surface area contributed by atoms with E-state index in [0.717, 1.165) is 4.57 Å². The Balaban J connectivity index is 1.88. The van der Waals surface area contributed by atoms with Crippen molar-refractivity contribution in [3.63, 3.8) is 0 Å². The second-order valence-corrected chi connectivity index (χ2v) is 6.58. The van der Waals surface area contributed by atoms with Crippen LogP contribution >= 0.6 is 0 Å². The van der Waals surface area contributed by atoms with E-state index in [4.69, 9.17) is 4.74 Å². The Morgan fingerprint density at radius 2 is 2.21 bits per heavy atom. The molecule has 2 atom stereocenters. The highest BCUT2D eigenvalue weighted by atomic mass is 19.4. The summed E-state index contributed by atoms with van der Waals surface area (Å²) in [6, 6.07) is 0. The highest BCUT2D eigenvalue weighted by Crippen LogP contribution is 2.26. The zero-order valence-electron chi connectivity index (χ0n) is 15.4. The van der Waals surface area contributed by atoms with Crippen molar-refractivity contribution < 1.29 is 23.0 Å². The van der Waals surface area contributed by atoms with Crippen molar-refractivity contribution in [1.29, 1.82) is 0 Å². The number of nitrogens with zero attached hydrogens (tertiary/aromatic N) is 5. The Bertz CT molecular complexity index is 948. The molecule has 1 aliphatic rings. The lowest BCUT2D eigenvalue weighted by Gasteiger charge is -2.26. The zero-order valence-corrected chi connectivity index (χ0v) is 15.4. The Hall–Kier alpha value is -2.46. The van der Waals surface area contributed by atoms with Crippen LogP contribution in [0.5, 0.6) is 0 Å². The van der Waals surface area contributed by atoms with Crippen molar-refractivity contribution in [2.75, 3.05) is 6.61 Å². The average Bonchev–Trinajstić information content (AvgIpc) is 3.20. The van der Waals surface area contributed by atoms with Gasteiger partial charge in [-0.2, -0.15) is 13.2 Å². The van der Waals surface area contributed by atoms with Gasteiger partial charge in [-0.25, -0.2) is 9.67 Å². The molecule has 0 aromatic carbocycles. The molecule has 0 saturated carbocycles. The molecule has 1 N–H and O–H groups in total. The number of rotatable bonds is 5. The van der Waals surface area contributed by atoms with Crippen molar-refractivity contribution >= 4 is 12.2 Å². The van der Waals surface area contributed by atoms with Crippen LogP contribution in [0.3, 0.4) is 0 Å². The lowest BCUT2D eigenvalue weighted by atomic mass is 10.1. The SMILES string of the molecule is C=C/C=c1\c(=C/C)nc(C(F)(F)F)n1Cc1cn(CC2CC(O)CCO2)nn1. The maximum absolute atomic E-state index is 13.5.